The molecule has 48 heavy (non-hydrogen) atoms. The van der Waals surface area contributed by atoms with E-state index in [0.29, 0.717) is 48.9 Å². The monoisotopic (exact) mass is 646 g/mol. The molecule has 4 radical (unpaired) electrons. The van der Waals surface area contributed by atoms with Gasteiger partial charge in [0.1, 0.15) is 44.3 Å². The number of anilines is 1. The summed E-state index contributed by atoms with van der Waals surface area (Å²) >= 11 is 0. The molecule has 2 aromatic carbocycles. The van der Waals surface area contributed by atoms with Gasteiger partial charge in [-0.05, 0) is 75.2 Å². The molecule has 4 fully saturated rings. The Morgan fingerprint density at radius 3 is 2.67 bits per heavy atom. The minimum atomic E-state index is -1.65. The Bertz CT molecular complexity index is 1960. The maximum absolute atomic E-state index is 17.0. The number of halogens is 2. The van der Waals surface area contributed by atoms with Gasteiger partial charge >= 0.3 is 6.01 Å². The number of pyridine rings is 1. The van der Waals surface area contributed by atoms with Crippen molar-refractivity contribution in [3.05, 3.63) is 47.7 Å². The van der Waals surface area contributed by atoms with Crippen LogP contribution in [0.5, 0.6) is 11.8 Å². The van der Waals surface area contributed by atoms with Crippen molar-refractivity contribution in [3.63, 3.8) is 0 Å². The molecule has 2 aromatic heterocycles. The molecule has 1 atom stereocenters. The van der Waals surface area contributed by atoms with E-state index in [1.54, 1.807) is 0 Å². The first-order chi connectivity index (χ1) is 23.2. The molecule has 1 saturated carbocycles. The molecule has 13 heteroatoms. The second-order valence-electron chi connectivity index (χ2n) is 13.4. The maximum Gasteiger partial charge on any atom is 0.318 e. The number of benzene rings is 2. The fourth-order valence-electron chi connectivity index (χ4n) is 7.86. The number of rotatable bonds is 8. The lowest BCUT2D eigenvalue weighted by molar-refractivity contribution is 0.0507. The quantitative estimate of drug-likeness (QED) is 0.219. The molecule has 0 amide bonds. The van der Waals surface area contributed by atoms with Gasteiger partial charge in [-0.25, -0.2) is 8.78 Å². The van der Waals surface area contributed by atoms with E-state index in [-0.39, 0.29) is 45.5 Å². The molecule has 242 valence electrons. The van der Waals surface area contributed by atoms with E-state index in [2.05, 4.69) is 26.1 Å². The van der Waals surface area contributed by atoms with E-state index in [9.17, 15) is 9.50 Å². The summed E-state index contributed by atoms with van der Waals surface area (Å²) in [5.74, 6) is 1.18. The number of phenolic OH excluding ortho intramolecular Hbond substituents is 1. The average molecular weight is 646 g/mol. The highest BCUT2D eigenvalue weighted by Crippen LogP contribution is 2.46. The van der Waals surface area contributed by atoms with Gasteiger partial charge in [-0.1, -0.05) is 12.0 Å². The molecule has 5 heterocycles. The number of aromatic hydroxyl groups is 1. The Kier molecular flexibility index (Phi) is 7.73. The van der Waals surface area contributed by atoms with Crippen molar-refractivity contribution in [3.8, 4) is 35.4 Å². The molecule has 3 aliphatic heterocycles. The largest absolute Gasteiger partial charge is 0.508 e. The van der Waals surface area contributed by atoms with Crippen LogP contribution in [0.15, 0.2) is 30.5 Å². The molecule has 4 aromatic rings. The Hall–Kier alpha value is -3.98. The topological polar surface area (TPSA) is 95.9 Å². The number of terminal acetylenes is 1. The average Bonchev–Trinajstić information content (AvgIpc) is 3.65. The predicted molar refractivity (Wildman–Crippen MR) is 180 cm³/mol. The standard InChI is InChI=1S/C35H34B2F2N6O3/c1-2-24-27(38)8-5-20-15-22(46)16-25(28(20)24)30-29(39)31-26(17-41-30)32(44-14-11-40-21(18-44)19-47-23-6-7-23)43-33(42-31)48-35(36,37)34-9-3-12-45(34)13-4-10-34/h1,5,8,15-17,21,23,40,46H,3-4,6-7,9-14,18-19H2. The molecule has 0 spiro atoms. The minimum Gasteiger partial charge on any atom is -0.508 e. The highest BCUT2D eigenvalue weighted by Gasteiger charge is 2.54. The van der Waals surface area contributed by atoms with Crippen LogP contribution in [-0.2, 0) is 4.74 Å². The van der Waals surface area contributed by atoms with Gasteiger partial charge in [0, 0.05) is 53.8 Å². The number of ether oxygens (including phenoxy) is 2. The normalized spacial score (nSPS) is 21.1. The van der Waals surface area contributed by atoms with Crippen molar-refractivity contribution < 1.29 is 23.4 Å². The molecule has 1 aliphatic carbocycles. The van der Waals surface area contributed by atoms with E-state index in [1.165, 1.54) is 30.5 Å². The van der Waals surface area contributed by atoms with Gasteiger partial charge in [-0.2, -0.15) is 9.97 Å². The van der Waals surface area contributed by atoms with E-state index in [4.69, 9.17) is 36.6 Å². The number of nitrogens with zero attached hydrogens (tertiary/aromatic N) is 5. The minimum absolute atomic E-state index is 0.0223. The smallest absolute Gasteiger partial charge is 0.318 e. The van der Waals surface area contributed by atoms with Crippen molar-refractivity contribution in [1.82, 2.24) is 25.2 Å². The van der Waals surface area contributed by atoms with E-state index < -0.39 is 22.6 Å². The number of phenols is 1. The zero-order valence-corrected chi connectivity index (χ0v) is 26.5. The summed E-state index contributed by atoms with van der Waals surface area (Å²) in [7, 11) is 13.6. The van der Waals surface area contributed by atoms with Crippen LogP contribution < -0.4 is 15.0 Å². The van der Waals surface area contributed by atoms with Gasteiger partial charge in [0.05, 0.1) is 23.7 Å². The van der Waals surface area contributed by atoms with Crippen LogP contribution in [0, 0.1) is 24.0 Å². The second kappa shape index (κ2) is 11.9. The first kappa shape index (κ1) is 31.3. The highest BCUT2D eigenvalue weighted by atomic mass is 19.1. The van der Waals surface area contributed by atoms with Crippen molar-refractivity contribution in [2.24, 2.45) is 0 Å². The van der Waals surface area contributed by atoms with Crippen LogP contribution in [0.25, 0.3) is 32.9 Å². The number of aromatic nitrogens is 3. The molecule has 8 rings (SSSR count). The van der Waals surface area contributed by atoms with Crippen molar-refractivity contribution in [1.29, 1.82) is 0 Å². The third-order valence-electron chi connectivity index (χ3n) is 10.3. The number of hydrogen-bond acceptors (Lipinski definition) is 9. The maximum atomic E-state index is 17.0. The fourth-order valence-corrected chi connectivity index (χ4v) is 7.86. The number of nitrogens with one attached hydrogen (secondary N) is 1. The van der Waals surface area contributed by atoms with Crippen LogP contribution in [0.1, 0.15) is 44.1 Å². The zero-order valence-electron chi connectivity index (χ0n) is 26.5. The molecule has 2 N–H and O–H groups in total. The SMILES string of the molecule is [B]C([B])(Oc1nc(N2CCNC(COC3CC3)C2)c2cnc(-c3cc(O)cc4ccc(F)c(C#C)c34)c(F)c2n1)C12CCCN1CCC2. The lowest BCUT2D eigenvalue weighted by Crippen LogP contribution is -2.63. The van der Waals surface area contributed by atoms with E-state index in [0.717, 1.165) is 51.6 Å². The second-order valence-corrected chi connectivity index (χ2v) is 13.4. The molecular weight excluding hydrogens is 612 g/mol. The van der Waals surface area contributed by atoms with Crippen molar-refractivity contribution in [2.45, 2.75) is 61.6 Å². The fraction of sp³-hybridized carbons (Fsp3) is 0.457. The van der Waals surface area contributed by atoms with Crippen LogP contribution in [0.2, 0.25) is 0 Å². The lowest BCUT2D eigenvalue weighted by atomic mass is 9.53. The molecule has 3 saturated heterocycles. The van der Waals surface area contributed by atoms with E-state index >= 15 is 4.39 Å². The third kappa shape index (κ3) is 5.25. The van der Waals surface area contributed by atoms with Crippen LogP contribution in [0.3, 0.4) is 0 Å². The Balaban J connectivity index is 1.27. The van der Waals surface area contributed by atoms with Crippen molar-refractivity contribution in [2.75, 3.05) is 44.2 Å². The number of piperazine rings is 1. The molecule has 9 nitrogen and oxygen atoms in total. The highest BCUT2D eigenvalue weighted by molar-refractivity contribution is 6.40. The van der Waals surface area contributed by atoms with Gasteiger partial charge in [0.15, 0.2) is 5.82 Å². The van der Waals surface area contributed by atoms with Crippen LogP contribution in [-0.4, -0.2) is 103 Å². The van der Waals surface area contributed by atoms with Crippen molar-refractivity contribution >= 4 is 43.2 Å². The Morgan fingerprint density at radius 2 is 1.92 bits per heavy atom. The van der Waals surface area contributed by atoms with Crippen LogP contribution >= 0.6 is 0 Å². The molecule has 0 bridgehead atoms. The predicted octanol–water partition coefficient (Wildman–Crippen LogP) is 3.77. The van der Waals surface area contributed by atoms with Gasteiger partial charge in [0.25, 0.3) is 0 Å². The van der Waals surface area contributed by atoms with Gasteiger partial charge in [-0.15, -0.1) is 6.42 Å². The number of fused-ring (bicyclic) bond motifs is 3. The number of hydrogen-bond donors (Lipinski definition) is 2. The van der Waals surface area contributed by atoms with Gasteiger partial charge in [-0.3, -0.25) is 9.88 Å². The summed E-state index contributed by atoms with van der Waals surface area (Å²) in [5.41, 5.74) is -0.784. The Labute approximate surface area is 280 Å². The molecular formula is C35H34B2F2N6O3. The summed E-state index contributed by atoms with van der Waals surface area (Å²) in [6, 6.07) is 5.31. The summed E-state index contributed by atoms with van der Waals surface area (Å²) in [4.78, 5) is 18.2. The van der Waals surface area contributed by atoms with Gasteiger partial charge in [0.2, 0.25) is 0 Å². The summed E-state index contributed by atoms with van der Waals surface area (Å²) < 4.78 is 44.1. The first-order valence-corrected chi connectivity index (χ1v) is 16.6. The summed E-state index contributed by atoms with van der Waals surface area (Å²) in [6.07, 6.45) is 13.1. The van der Waals surface area contributed by atoms with Crippen LogP contribution in [0.4, 0.5) is 14.6 Å². The summed E-state index contributed by atoms with van der Waals surface area (Å²) in [6.45, 7) is 4.05. The zero-order chi connectivity index (χ0) is 33.2. The Morgan fingerprint density at radius 1 is 1.12 bits per heavy atom. The van der Waals surface area contributed by atoms with Gasteiger partial charge < -0.3 is 24.8 Å². The molecule has 1 unspecified atom stereocenters. The summed E-state index contributed by atoms with van der Waals surface area (Å²) in [5, 5.41) is 13.5. The molecule has 4 aliphatic rings. The van der Waals surface area contributed by atoms with E-state index in [1.807, 2.05) is 4.90 Å². The lowest BCUT2D eigenvalue weighted by Gasteiger charge is -2.46. The third-order valence-corrected chi connectivity index (χ3v) is 10.3. The first-order valence-electron chi connectivity index (χ1n) is 16.6.